The lowest BCUT2D eigenvalue weighted by Crippen LogP contribution is -2.46. The largest absolute Gasteiger partial charge is 0.342 e. The molecule has 2 amide bonds. The second kappa shape index (κ2) is 8.12. The molecule has 0 saturated carbocycles. The van der Waals surface area contributed by atoms with Crippen molar-refractivity contribution in [2.75, 3.05) is 20.1 Å². The topological polar surface area (TPSA) is 71.3 Å². The van der Waals surface area contributed by atoms with Crippen LogP contribution in [0.5, 0.6) is 0 Å². The number of likely N-dealkylation sites (tertiary alicyclic amines) is 1. The molecule has 0 radical (unpaired) electrons. The van der Waals surface area contributed by atoms with Gasteiger partial charge in [0.05, 0.1) is 12.5 Å². The number of amides is 2. The number of carbonyl (C=O) groups excluding carboxylic acids is 2. The van der Waals surface area contributed by atoms with Gasteiger partial charge >= 0.3 is 0 Å². The molecule has 0 bridgehead atoms. The molecule has 3 rings (SSSR count). The molecule has 0 N–H and O–H groups in total. The molecule has 0 aromatic carbocycles. The zero-order valence-corrected chi connectivity index (χ0v) is 15.3. The first-order valence-electron chi connectivity index (χ1n) is 8.93. The van der Waals surface area contributed by atoms with E-state index in [2.05, 4.69) is 9.97 Å². The van der Waals surface area contributed by atoms with Crippen molar-refractivity contribution in [3.05, 3.63) is 48.3 Å². The number of aryl methyl sites for hydroxylation is 1. The van der Waals surface area contributed by atoms with Crippen LogP contribution >= 0.6 is 0 Å². The fourth-order valence-corrected chi connectivity index (χ4v) is 3.28. The summed E-state index contributed by atoms with van der Waals surface area (Å²) in [5.41, 5.74) is 0.959. The second-order valence-electron chi connectivity index (χ2n) is 6.80. The lowest BCUT2D eigenvalue weighted by atomic mass is 9.95. The van der Waals surface area contributed by atoms with Gasteiger partial charge in [0.2, 0.25) is 11.8 Å². The van der Waals surface area contributed by atoms with Crippen LogP contribution in [0.25, 0.3) is 0 Å². The highest BCUT2D eigenvalue weighted by Gasteiger charge is 2.31. The number of pyridine rings is 1. The first-order valence-corrected chi connectivity index (χ1v) is 8.93. The van der Waals surface area contributed by atoms with E-state index in [1.807, 2.05) is 36.0 Å². The van der Waals surface area contributed by atoms with E-state index >= 15 is 0 Å². The molecule has 7 nitrogen and oxygen atoms in total. The molecule has 26 heavy (non-hydrogen) atoms. The van der Waals surface area contributed by atoms with Crippen LogP contribution in [0.1, 0.15) is 24.4 Å². The fraction of sp³-hybridized carbons (Fsp3) is 0.474. The number of hydrogen-bond acceptors (Lipinski definition) is 4. The zero-order valence-electron chi connectivity index (χ0n) is 15.3. The molecule has 2 aromatic heterocycles. The third-order valence-electron chi connectivity index (χ3n) is 4.89. The van der Waals surface area contributed by atoms with Gasteiger partial charge in [-0.05, 0) is 18.6 Å². The van der Waals surface area contributed by atoms with Gasteiger partial charge in [-0.3, -0.25) is 14.6 Å². The van der Waals surface area contributed by atoms with E-state index in [-0.39, 0.29) is 17.7 Å². The first-order chi connectivity index (χ1) is 12.5. The predicted molar refractivity (Wildman–Crippen MR) is 96.9 cm³/mol. The van der Waals surface area contributed by atoms with Crippen molar-refractivity contribution in [2.24, 2.45) is 13.0 Å². The molecule has 3 heterocycles. The van der Waals surface area contributed by atoms with Gasteiger partial charge in [0.25, 0.3) is 0 Å². The molecule has 1 atom stereocenters. The van der Waals surface area contributed by atoms with Gasteiger partial charge in [-0.2, -0.15) is 0 Å². The van der Waals surface area contributed by atoms with E-state index in [1.165, 1.54) is 0 Å². The van der Waals surface area contributed by atoms with Gasteiger partial charge < -0.3 is 14.4 Å². The molecule has 2 aromatic rings. The minimum atomic E-state index is -0.151. The quantitative estimate of drug-likeness (QED) is 0.782. The minimum absolute atomic E-state index is 0.0725. The smallest absolute Gasteiger partial charge is 0.227 e. The Bertz CT molecular complexity index is 758. The standard InChI is InChI=1S/C19H25N5O2/c1-22-12-10-21-17(22)14-23(2)19(26)15-6-7-18(25)24(13-15)11-8-16-5-3-4-9-20-16/h3-5,9-10,12,15H,6-8,11,13-14H2,1-2H3/t15-/m1/s1. The van der Waals surface area contributed by atoms with Crippen molar-refractivity contribution in [2.45, 2.75) is 25.8 Å². The van der Waals surface area contributed by atoms with Gasteiger partial charge in [-0.25, -0.2) is 4.98 Å². The van der Waals surface area contributed by atoms with Gasteiger partial charge in [0, 0.05) is 64.3 Å². The number of nitrogens with zero attached hydrogens (tertiary/aromatic N) is 5. The SMILES string of the molecule is CN(Cc1nccn1C)C(=O)[C@@H]1CCC(=O)N(CCc2ccccn2)C1. The highest BCUT2D eigenvalue weighted by atomic mass is 16.2. The molecule has 1 fully saturated rings. The highest BCUT2D eigenvalue weighted by Crippen LogP contribution is 2.20. The number of aromatic nitrogens is 3. The number of hydrogen-bond donors (Lipinski definition) is 0. The maximum absolute atomic E-state index is 12.8. The minimum Gasteiger partial charge on any atom is -0.342 e. The van der Waals surface area contributed by atoms with Crippen molar-refractivity contribution < 1.29 is 9.59 Å². The number of rotatable bonds is 6. The Kier molecular flexibility index (Phi) is 5.65. The van der Waals surface area contributed by atoms with E-state index < -0.39 is 0 Å². The summed E-state index contributed by atoms with van der Waals surface area (Å²) in [6.07, 6.45) is 7.10. The predicted octanol–water partition coefficient (Wildman–Crippen LogP) is 1.25. The Morgan fingerprint density at radius 2 is 2.15 bits per heavy atom. The van der Waals surface area contributed by atoms with Crippen LogP contribution in [0.3, 0.4) is 0 Å². The van der Waals surface area contributed by atoms with Crippen LogP contribution in [0, 0.1) is 5.92 Å². The molecule has 1 saturated heterocycles. The fourth-order valence-electron chi connectivity index (χ4n) is 3.28. The monoisotopic (exact) mass is 355 g/mol. The molecule has 7 heteroatoms. The summed E-state index contributed by atoms with van der Waals surface area (Å²) in [5, 5.41) is 0. The van der Waals surface area contributed by atoms with E-state index in [1.54, 1.807) is 29.2 Å². The van der Waals surface area contributed by atoms with Crippen molar-refractivity contribution in [3.63, 3.8) is 0 Å². The van der Waals surface area contributed by atoms with Crippen molar-refractivity contribution >= 4 is 11.8 Å². The normalized spacial score (nSPS) is 17.4. The Morgan fingerprint density at radius 3 is 2.85 bits per heavy atom. The average Bonchev–Trinajstić information content (AvgIpc) is 3.06. The van der Waals surface area contributed by atoms with E-state index in [0.29, 0.717) is 38.9 Å². The summed E-state index contributed by atoms with van der Waals surface area (Å²) < 4.78 is 1.91. The molecule has 0 aliphatic carbocycles. The van der Waals surface area contributed by atoms with E-state index in [0.717, 1.165) is 11.5 Å². The molecular formula is C19H25N5O2. The Balaban J connectivity index is 1.57. The second-order valence-corrected chi connectivity index (χ2v) is 6.80. The first kappa shape index (κ1) is 18.1. The molecule has 138 valence electrons. The zero-order chi connectivity index (χ0) is 18.5. The van der Waals surface area contributed by atoms with Gasteiger partial charge in [-0.15, -0.1) is 0 Å². The van der Waals surface area contributed by atoms with Crippen LogP contribution < -0.4 is 0 Å². The lowest BCUT2D eigenvalue weighted by molar-refractivity contribution is -0.142. The van der Waals surface area contributed by atoms with E-state index in [4.69, 9.17) is 0 Å². The van der Waals surface area contributed by atoms with Gasteiger partial charge in [0.1, 0.15) is 5.82 Å². The maximum Gasteiger partial charge on any atom is 0.227 e. The third-order valence-corrected chi connectivity index (χ3v) is 4.89. The summed E-state index contributed by atoms with van der Waals surface area (Å²) in [7, 11) is 3.71. The molecule has 1 aliphatic heterocycles. The summed E-state index contributed by atoms with van der Waals surface area (Å²) in [6, 6.07) is 5.78. The number of carbonyl (C=O) groups is 2. The molecule has 0 spiro atoms. The highest BCUT2D eigenvalue weighted by molar-refractivity contribution is 5.83. The summed E-state index contributed by atoms with van der Waals surface area (Å²) in [5.74, 6) is 0.890. The molecule has 1 aliphatic rings. The summed E-state index contributed by atoms with van der Waals surface area (Å²) in [6.45, 7) is 1.55. The van der Waals surface area contributed by atoms with Crippen LogP contribution in [-0.2, 0) is 29.6 Å². The third kappa shape index (κ3) is 4.28. The maximum atomic E-state index is 12.8. The van der Waals surface area contributed by atoms with Crippen molar-refractivity contribution in [1.82, 2.24) is 24.3 Å². The van der Waals surface area contributed by atoms with Crippen molar-refractivity contribution in [3.8, 4) is 0 Å². The van der Waals surface area contributed by atoms with Crippen LogP contribution in [-0.4, -0.2) is 56.3 Å². The van der Waals surface area contributed by atoms with Gasteiger partial charge in [0.15, 0.2) is 0 Å². The van der Waals surface area contributed by atoms with Gasteiger partial charge in [-0.1, -0.05) is 6.07 Å². The molecule has 0 unspecified atom stereocenters. The van der Waals surface area contributed by atoms with E-state index in [9.17, 15) is 9.59 Å². The molecular weight excluding hydrogens is 330 g/mol. The Hall–Kier alpha value is -2.70. The van der Waals surface area contributed by atoms with Crippen molar-refractivity contribution in [1.29, 1.82) is 0 Å². The lowest BCUT2D eigenvalue weighted by Gasteiger charge is -2.33. The van der Waals surface area contributed by atoms with Crippen LogP contribution in [0.15, 0.2) is 36.8 Å². The average molecular weight is 355 g/mol. The Morgan fingerprint density at radius 1 is 1.31 bits per heavy atom. The number of piperidine rings is 1. The van der Waals surface area contributed by atoms with Crippen LogP contribution in [0.4, 0.5) is 0 Å². The van der Waals surface area contributed by atoms with Crippen LogP contribution in [0.2, 0.25) is 0 Å². The Labute approximate surface area is 153 Å². The summed E-state index contributed by atoms with van der Waals surface area (Å²) >= 11 is 0. The number of imidazole rings is 1. The summed E-state index contributed by atoms with van der Waals surface area (Å²) in [4.78, 5) is 37.1.